The van der Waals surface area contributed by atoms with Crippen LogP contribution in [0.4, 0.5) is 28.9 Å². The molecule has 0 aromatic carbocycles. The monoisotopic (exact) mass is 1360 g/mol. The van der Waals surface area contributed by atoms with Crippen molar-refractivity contribution in [3.8, 4) is 43.9 Å². The van der Waals surface area contributed by atoms with Gasteiger partial charge in [-0.25, -0.2) is 47.2 Å². The summed E-state index contributed by atoms with van der Waals surface area (Å²) in [4.78, 5) is 61.0. The zero-order valence-electron chi connectivity index (χ0n) is 52.0. The number of hydrogen-bond donors (Lipinski definition) is 4. The zero-order chi connectivity index (χ0) is 66.5. The number of carbonyl (C=O) groups is 2. The summed E-state index contributed by atoms with van der Waals surface area (Å²) in [6.45, 7) is 18.8. The van der Waals surface area contributed by atoms with E-state index in [1.165, 1.54) is 45.4 Å². The van der Waals surface area contributed by atoms with Crippen LogP contribution in [0.5, 0.6) is 0 Å². The summed E-state index contributed by atoms with van der Waals surface area (Å²) < 4.78 is 122. The maximum Gasteiger partial charge on any atom is 0.477 e. The number of ether oxygens (including phenoxy) is 2. The number of aromatic nitrogens is 12. The summed E-state index contributed by atoms with van der Waals surface area (Å²) in [6, 6.07) is 3.71. The molecule has 2 atom stereocenters. The number of pyridine rings is 2. The molecule has 2 saturated carbocycles. The lowest BCUT2D eigenvalue weighted by atomic mass is 9.93. The van der Waals surface area contributed by atoms with E-state index in [0.717, 1.165) is 87.0 Å². The number of nitrogens with one attached hydrogen (secondary N) is 2. The summed E-state index contributed by atoms with van der Waals surface area (Å²) in [5.41, 5.74) is -0.729. The molecule has 0 spiro atoms. The van der Waals surface area contributed by atoms with Gasteiger partial charge in [-0.05, 0) is 145 Å². The highest BCUT2D eigenvalue weighted by Gasteiger charge is 2.40. The molecule has 10 rings (SSSR count). The van der Waals surface area contributed by atoms with E-state index in [1.54, 1.807) is 88.0 Å². The molecular formula is C58H72F4N14O12P2S2. The van der Waals surface area contributed by atoms with Gasteiger partial charge in [0.2, 0.25) is 11.9 Å². The molecule has 0 aliphatic heterocycles. The second kappa shape index (κ2) is 29.2. The van der Waals surface area contributed by atoms with Crippen LogP contribution in [-0.4, -0.2) is 117 Å². The highest BCUT2D eigenvalue weighted by atomic mass is 32.1. The van der Waals surface area contributed by atoms with Crippen LogP contribution < -0.4 is 10.6 Å². The first-order chi connectivity index (χ1) is 43.4. The molecule has 8 aromatic heterocycles. The fourth-order valence-corrected chi connectivity index (χ4v) is 14.2. The minimum Gasteiger partial charge on any atom is -0.379 e. The molecule has 496 valence electrons. The first-order valence-electron chi connectivity index (χ1n) is 29.6. The van der Waals surface area contributed by atoms with Crippen molar-refractivity contribution in [3.05, 3.63) is 107 Å². The number of hydrogen-bond acceptors (Lipinski definition) is 20. The number of rotatable bonds is 22. The van der Waals surface area contributed by atoms with Crippen LogP contribution in [0.1, 0.15) is 166 Å². The Morgan fingerprint density at radius 2 is 0.989 bits per heavy atom. The molecule has 0 radical (unpaired) electrons. The minimum atomic E-state index is -4.73. The Hall–Kier alpha value is -6.80. The molecule has 26 nitrogen and oxygen atoms in total. The fourth-order valence-electron chi connectivity index (χ4n) is 10.2. The van der Waals surface area contributed by atoms with Crippen molar-refractivity contribution in [2.24, 2.45) is 0 Å². The fraction of sp³-hybridized carbons (Fsp3) is 0.483. The van der Waals surface area contributed by atoms with Crippen molar-refractivity contribution in [2.45, 2.75) is 169 Å². The van der Waals surface area contributed by atoms with Crippen molar-refractivity contribution in [2.75, 3.05) is 23.8 Å². The lowest BCUT2D eigenvalue weighted by Crippen LogP contribution is -2.25. The van der Waals surface area contributed by atoms with Crippen LogP contribution in [0.25, 0.3) is 43.9 Å². The van der Waals surface area contributed by atoms with Crippen molar-refractivity contribution in [1.82, 2.24) is 59.1 Å². The predicted octanol–water partition coefficient (Wildman–Crippen LogP) is 13.5. The van der Waals surface area contributed by atoms with Gasteiger partial charge in [0, 0.05) is 59.9 Å². The van der Waals surface area contributed by atoms with Crippen LogP contribution in [0.2, 0.25) is 0 Å². The van der Waals surface area contributed by atoms with Gasteiger partial charge in [0.05, 0.1) is 59.3 Å². The zero-order valence-corrected chi connectivity index (χ0v) is 55.5. The van der Waals surface area contributed by atoms with Crippen molar-refractivity contribution >= 4 is 61.5 Å². The van der Waals surface area contributed by atoms with E-state index in [1.807, 2.05) is 13.8 Å². The van der Waals surface area contributed by atoms with Gasteiger partial charge in [-0.15, -0.1) is 22.7 Å². The van der Waals surface area contributed by atoms with Crippen LogP contribution >= 0.6 is 38.3 Å². The lowest BCUT2D eigenvalue weighted by Gasteiger charge is -2.32. The molecule has 34 heteroatoms. The van der Waals surface area contributed by atoms with E-state index in [2.05, 4.69) is 55.5 Å². The number of amides is 2. The molecule has 0 bridgehead atoms. The van der Waals surface area contributed by atoms with Gasteiger partial charge >= 0.3 is 15.6 Å². The quantitative estimate of drug-likeness (QED) is 0.0278. The third kappa shape index (κ3) is 18.3. The normalized spacial score (nSPS) is 18.1. The van der Waals surface area contributed by atoms with Gasteiger partial charge in [-0.1, -0.05) is 0 Å². The molecule has 2 amide bonds. The van der Waals surface area contributed by atoms with Crippen molar-refractivity contribution < 1.29 is 73.6 Å². The summed E-state index contributed by atoms with van der Waals surface area (Å²) in [5, 5.41) is 27.0. The molecule has 92 heavy (non-hydrogen) atoms. The van der Waals surface area contributed by atoms with Crippen LogP contribution in [0.3, 0.4) is 0 Å². The molecule has 8 heterocycles. The molecule has 2 aliphatic rings. The summed E-state index contributed by atoms with van der Waals surface area (Å²) in [6.07, 6.45) is 14.1. The molecule has 8 aromatic rings. The van der Waals surface area contributed by atoms with Crippen molar-refractivity contribution in [3.63, 3.8) is 0 Å². The summed E-state index contributed by atoms with van der Waals surface area (Å²) in [7, 11) is -8.75. The maximum absolute atomic E-state index is 14.9. The third-order valence-corrected chi connectivity index (χ3v) is 18.6. The van der Waals surface area contributed by atoms with Gasteiger partial charge in [-0.3, -0.25) is 37.0 Å². The van der Waals surface area contributed by atoms with Crippen molar-refractivity contribution in [1.29, 1.82) is 0 Å². The van der Waals surface area contributed by atoms with Gasteiger partial charge in [0.25, 0.3) is 11.8 Å². The largest absolute Gasteiger partial charge is 0.477 e. The number of phosphoric ester groups is 2. The average Bonchev–Trinajstić information content (AvgIpc) is 1.66. The Balaban J connectivity index is 0.000000221. The Morgan fingerprint density at radius 3 is 1.36 bits per heavy atom. The SMILES string of the molecule is CCOC1CCC(n2cc(NC(=O)c3csc(-c4cnn(C(C)OP(=O)(O)O)c4)n3)c(-c3nc(F)ccc3F)n2)CC1.CCOC1CCC(n2cc(NC(=O)c3csc(-c4cnn(C(C)OP(=O)(OC(C)(C)C)OC(C)(C)C)c4)n3)c(-c3nc(F)ccc3F)n2)CC1. The Kier molecular flexibility index (Phi) is 22.1. The van der Waals surface area contributed by atoms with Crippen LogP contribution in [0, 0.1) is 23.5 Å². The summed E-state index contributed by atoms with van der Waals surface area (Å²) >= 11 is 2.35. The van der Waals surface area contributed by atoms with E-state index < -0.39 is 74.6 Å². The minimum absolute atomic E-state index is 0.0103. The first kappa shape index (κ1) is 69.5. The average molecular weight is 1360 g/mol. The van der Waals surface area contributed by atoms with E-state index in [4.69, 9.17) is 32.8 Å². The number of halogens is 4. The molecule has 0 saturated heterocycles. The molecule has 4 N–H and O–H groups in total. The molecule has 2 fully saturated rings. The highest BCUT2D eigenvalue weighted by molar-refractivity contribution is 7.48. The van der Waals surface area contributed by atoms with Gasteiger partial charge in [-0.2, -0.15) is 29.2 Å². The van der Waals surface area contributed by atoms with E-state index >= 15 is 0 Å². The number of thiazole rings is 2. The summed E-state index contributed by atoms with van der Waals surface area (Å²) in [5.74, 6) is -4.51. The Morgan fingerprint density at radius 1 is 0.598 bits per heavy atom. The molecule has 2 aliphatic carbocycles. The first-order valence-corrected chi connectivity index (χ1v) is 34.3. The third-order valence-electron chi connectivity index (χ3n) is 14.1. The predicted molar refractivity (Wildman–Crippen MR) is 332 cm³/mol. The molecular weight excluding hydrogens is 1290 g/mol. The Bertz CT molecular complexity index is 3940. The maximum atomic E-state index is 14.9. The number of anilines is 2. The second-order valence-electron chi connectivity index (χ2n) is 23.6. The van der Waals surface area contributed by atoms with E-state index in [9.17, 15) is 36.3 Å². The number of phosphoric acid groups is 2. The standard InChI is InChI=1S/C33H44F2N7O6PS.C25H28F2N7O6PS/c1-9-45-23-12-10-22(11-13-23)42-18-25(29(40-42)28-24(34)14-15-27(35)39-28)37-30(43)26-19-50-31(38-26)21-16-36-41(17-21)20(2)46-49(44,47-32(3,4)5)48-33(6,7)8;1-3-39-17-6-4-16(5-7-17)34-12-19(23(32-34)22-18(26)8-9-21(27)31-22)29-24(35)20-13-42-25(30-20)15-10-28-33(11-15)14(2)40-41(36,37)38/h14-20,22-23H,9-13H2,1-8H3,(H,37,43);8-14,16-17H,3-7H2,1-2H3,(H,29,35)(H2,36,37,38). The second-order valence-corrected chi connectivity index (χ2v) is 28.0. The smallest absolute Gasteiger partial charge is 0.379 e. The number of carbonyl (C=O) groups excluding carboxylic acids is 2. The van der Waals surface area contributed by atoms with E-state index in [-0.39, 0.29) is 69.8 Å². The number of nitrogens with zero attached hydrogens (tertiary/aromatic N) is 12. The van der Waals surface area contributed by atoms with Crippen LogP contribution in [0.15, 0.2) is 72.2 Å². The highest BCUT2D eigenvalue weighted by Crippen LogP contribution is 2.57. The Labute approximate surface area is 535 Å². The van der Waals surface area contributed by atoms with E-state index in [0.29, 0.717) is 34.4 Å². The van der Waals surface area contributed by atoms with Crippen LogP contribution in [-0.2, 0) is 36.7 Å². The van der Waals surface area contributed by atoms with Gasteiger partial charge in [0.15, 0.2) is 24.1 Å². The topological polar surface area (TPSA) is 311 Å². The lowest BCUT2D eigenvalue weighted by molar-refractivity contribution is -0.0231. The van der Waals surface area contributed by atoms with Gasteiger partial charge < -0.3 is 29.9 Å². The van der Waals surface area contributed by atoms with Gasteiger partial charge in [0.1, 0.15) is 44.2 Å². The molecule has 2 unspecified atom stereocenters.